The van der Waals surface area contributed by atoms with Gasteiger partial charge < -0.3 is 19.7 Å². The van der Waals surface area contributed by atoms with Crippen LogP contribution in [0.15, 0.2) is 55.1 Å². The fourth-order valence-electron chi connectivity index (χ4n) is 5.08. The molecule has 2 aromatic rings. The van der Waals surface area contributed by atoms with Gasteiger partial charge in [-0.1, -0.05) is 32.1 Å². The molecule has 1 heterocycles. The molecule has 2 aromatic carbocycles. The number of rotatable bonds is 14. The van der Waals surface area contributed by atoms with E-state index in [2.05, 4.69) is 30.6 Å². The van der Waals surface area contributed by atoms with Gasteiger partial charge in [-0.2, -0.15) is 0 Å². The Morgan fingerprint density at radius 3 is 2.34 bits per heavy atom. The predicted molar refractivity (Wildman–Crippen MR) is 156 cm³/mol. The van der Waals surface area contributed by atoms with Gasteiger partial charge in [0.15, 0.2) is 0 Å². The first kappa shape index (κ1) is 31.8. The van der Waals surface area contributed by atoms with Crippen molar-refractivity contribution in [3.05, 3.63) is 77.6 Å². The summed E-state index contributed by atoms with van der Waals surface area (Å²) in [7, 11) is 1.34. The van der Waals surface area contributed by atoms with Gasteiger partial charge in [0, 0.05) is 44.7 Å². The van der Waals surface area contributed by atoms with Gasteiger partial charge in [0.2, 0.25) is 11.8 Å². The van der Waals surface area contributed by atoms with Crippen LogP contribution in [0.2, 0.25) is 0 Å². The van der Waals surface area contributed by atoms with Crippen molar-refractivity contribution in [1.82, 2.24) is 15.1 Å². The summed E-state index contributed by atoms with van der Waals surface area (Å²) in [6.45, 7) is 11.0. The average molecular weight is 568 g/mol. The number of nitrogens with zero attached hydrogens (tertiary/aromatic N) is 2. The second kappa shape index (κ2) is 15.3. The van der Waals surface area contributed by atoms with Gasteiger partial charge in [0.25, 0.3) is 0 Å². The van der Waals surface area contributed by atoms with E-state index in [0.29, 0.717) is 50.5 Å². The van der Waals surface area contributed by atoms with Gasteiger partial charge in [0.05, 0.1) is 19.2 Å². The Labute approximate surface area is 242 Å². The van der Waals surface area contributed by atoms with Crippen molar-refractivity contribution in [2.24, 2.45) is 5.41 Å². The van der Waals surface area contributed by atoms with Crippen LogP contribution in [-0.2, 0) is 27.5 Å². The number of piperazine rings is 1. The fourth-order valence-corrected chi connectivity index (χ4v) is 5.08. The van der Waals surface area contributed by atoms with E-state index in [9.17, 15) is 18.8 Å². The monoisotopic (exact) mass is 567 g/mol. The molecule has 0 radical (unpaired) electrons. The lowest BCUT2D eigenvalue weighted by molar-refractivity contribution is -0.134. The molecular formula is C32H42FN3O5. The van der Waals surface area contributed by atoms with E-state index < -0.39 is 5.97 Å². The molecule has 0 aromatic heterocycles. The molecule has 41 heavy (non-hydrogen) atoms. The van der Waals surface area contributed by atoms with E-state index in [4.69, 9.17) is 9.47 Å². The van der Waals surface area contributed by atoms with Crippen molar-refractivity contribution in [1.29, 1.82) is 0 Å². The van der Waals surface area contributed by atoms with Crippen LogP contribution in [-0.4, -0.2) is 67.4 Å². The van der Waals surface area contributed by atoms with Gasteiger partial charge in [-0.25, -0.2) is 9.18 Å². The van der Waals surface area contributed by atoms with E-state index in [1.165, 1.54) is 19.2 Å². The SMILES string of the molecule is C=CCC(CC)(CC)CC(=O)NCC(=O)N1CCN(Cc2cc(F)ccc2OCc2ccc(C(=O)OC)cc2)CC1. The third kappa shape index (κ3) is 9.14. The molecule has 222 valence electrons. The zero-order valence-electron chi connectivity index (χ0n) is 24.4. The molecule has 8 nitrogen and oxygen atoms in total. The third-order valence-corrected chi connectivity index (χ3v) is 7.96. The standard InChI is InChI=1S/C32H42FN3O5/c1-5-14-32(6-2,7-3)20-29(37)34-21-30(38)36-17-15-35(16-18-36)22-26-19-27(33)12-13-28(26)41-23-24-8-10-25(11-9-24)31(39)40-4/h5,8-13,19H,1,6-7,14-18,20-23H2,2-4H3,(H,34,37). The van der Waals surface area contributed by atoms with E-state index in [0.717, 1.165) is 30.4 Å². The number of hydrogen-bond donors (Lipinski definition) is 1. The zero-order chi connectivity index (χ0) is 29.8. The maximum absolute atomic E-state index is 14.1. The molecule has 1 fully saturated rings. The second-order valence-electron chi connectivity index (χ2n) is 10.5. The predicted octanol–water partition coefficient (Wildman–Crippen LogP) is 4.72. The van der Waals surface area contributed by atoms with Crippen molar-refractivity contribution >= 4 is 17.8 Å². The molecule has 3 rings (SSSR count). The zero-order valence-corrected chi connectivity index (χ0v) is 24.4. The average Bonchev–Trinajstić information content (AvgIpc) is 2.99. The highest BCUT2D eigenvalue weighted by Gasteiger charge is 2.28. The number of methoxy groups -OCH3 is 1. The maximum atomic E-state index is 14.1. The molecule has 2 amide bonds. The summed E-state index contributed by atoms with van der Waals surface area (Å²) in [6, 6.07) is 11.4. The molecule has 1 aliphatic heterocycles. The summed E-state index contributed by atoms with van der Waals surface area (Å²) in [5.74, 6) is -0.382. The minimum absolute atomic E-state index is 0.0150. The molecule has 0 spiro atoms. The van der Waals surface area contributed by atoms with Crippen molar-refractivity contribution in [2.45, 2.75) is 52.7 Å². The van der Waals surface area contributed by atoms with Crippen molar-refractivity contribution < 1.29 is 28.2 Å². The van der Waals surface area contributed by atoms with Crippen molar-refractivity contribution in [3.8, 4) is 5.75 Å². The first-order valence-corrected chi connectivity index (χ1v) is 14.2. The Hall–Kier alpha value is -3.72. The number of esters is 1. The number of ether oxygens (including phenoxy) is 2. The molecule has 1 N–H and O–H groups in total. The van der Waals surface area contributed by atoms with Gasteiger partial charge in [-0.15, -0.1) is 6.58 Å². The summed E-state index contributed by atoms with van der Waals surface area (Å²) < 4.78 is 24.8. The molecular weight excluding hydrogens is 525 g/mol. The van der Waals surface area contributed by atoms with E-state index >= 15 is 0 Å². The largest absolute Gasteiger partial charge is 0.489 e. The number of carbonyl (C=O) groups excluding carboxylic acids is 3. The number of hydrogen-bond acceptors (Lipinski definition) is 6. The minimum atomic E-state index is -0.404. The van der Waals surface area contributed by atoms with E-state index in [1.807, 2.05) is 6.08 Å². The Balaban J connectivity index is 1.49. The van der Waals surface area contributed by atoms with Crippen molar-refractivity contribution in [3.63, 3.8) is 0 Å². The van der Waals surface area contributed by atoms with Gasteiger partial charge in [-0.3, -0.25) is 14.5 Å². The van der Waals surface area contributed by atoms with Gasteiger partial charge in [0.1, 0.15) is 18.2 Å². The van der Waals surface area contributed by atoms with E-state index in [1.54, 1.807) is 35.2 Å². The minimum Gasteiger partial charge on any atom is -0.489 e. The third-order valence-electron chi connectivity index (χ3n) is 7.96. The molecule has 1 aliphatic rings. The fraction of sp³-hybridized carbons (Fsp3) is 0.469. The quantitative estimate of drug-likeness (QED) is 0.263. The molecule has 0 unspecified atom stereocenters. The maximum Gasteiger partial charge on any atom is 0.337 e. The Morgan fingerprint density at radius 1 is 1.05 bits per heavy atom. The molecule has 0 bridgehead atoms. The summed E-state index contributed by atoms with van der Waals surface area (Å²) in [5, 5.41) is 2.81. The number of halogens is 1. The summed E-state index contributed by atoms with van der Waals surface area (Å²) in [5.41, 5.74) is 1.92. The van der Waals surface area contributed by atoms with Crippen LogP contribution in [0.1, 0.15) is 61.0 Å². The normalized spacial score (nSPS) is 13.9. The van der Waals surface area contributed by atoms with Crippen LogP contribution in [0, 0.1) is 11.2 Å². The first-order valence-electron chi connectivity index (χ1n) is 14.2. The van der Waals surface area contributed by atoms with Gasteiger partial charge in [-0.05, 0) is 60.6 Å². The van der Waals surface area contributed by atoms with Crippen LogP contribution in [0.4, 0.5) is 4.39 Å². The highest BCUT2D eigenvalue weighted by molar-refractivity contribution is 5.89. The Morgan fingerprint density at radius 2 is 1.73 bits per heavy atom. The van der Waals surface area contributed by atoms with Crippen molar-refractivity contribution in [2.75, 3.05) is 39.8 Å². The van der Waals surface area contributed by atoms with Crippen LogP contribution in [0.25, 0.3) is 0 Å². The van der Waals surface area contributed by atoms with Crippen LogP contribution in [0.5, 0.6) is 5.75 Å². The first-order chi connectivity index (χ1) is 19.7. The molecule has 1 saturated heterocycles. The summed E-state index contributed by atoms with van der Waals surface area (Å²) >= 11 is 0. The number of carbonyl (C=O) groups is 3. The number of nitrogens with one attached hydrogen (secondary N) is 1. The lowest BCUT2D eigenvalue weighted by Gasteiger charge is -2.35. The lowest BCUT2D eigenvalue weighted by Crippen LogP contribution is -2.51. The topological polar surface area (TPSA) is 88.2 Å². The smallest absolute Gasteiger partial charge is 0.337 e. The van der Waals surface area contributed by atoms with Crippen LogP contribution < -0.4 is 10.1 Å². The van der Waals surface area contributed by atoms with Crippen LogP contribution in [0.3, 0.4) is 0 Å². The van der Waals surface area contributed by atoms with Gasteiger partial charge >= 0.3 is 5.97 Å². The summed E-state index contributed by atoms with van der Waals surface area (Å²) in [4.78, 5) is 40.9. The Bertz CT molecular complexity index is 1190. The molecule has 0 atom stereocenters. The molecule has 0 saturated carbocycles. The number of benzene rings is 2. The van der Waals surface area contributed by atoms with E-state index in [-0.39, 0.29) is 36.2 Å². The lowest BCUT2D eigenvalue weighted by atomic mass is 9.76. The highest BCUT2D eigenvalue weighted by atomic mass is 19.1. The van der Waals surface area contributed by atoms with Crippen LogP contribution >= 0.6 is 0 Å². The number of allylic oxidation sites excluding steroid dienone is 1. The second-order valence-corrected chi connectivity index (χ2v) is 10.5. The summed E-state index contributed by atoms with van der Waals surface area (Å²) in [6.07, 6.45) is 4.76. The number of amides is 2. The molecule has 9 heteroatoms. The Kier molecular flexibility index (Phi) is 11.9. The highest BCUT2D eigenvalue weighted by Crippen LogP contribution is 2.34. The molecule has 0 aliphatic carbocycles.